The maximum Gasteiger partial charge on any atom is 0 e. The zero-order valence-corrected chi connectivity index (χ0v) is 38.2. The van der Waals surface area contributed by atoms with Crippen LogP contribution in [0.2, 0.25) is 0 Å². The standard InChI is InChI=1S/C18H26.C12H16.C6H12.2C6H10.2C6H6.2H2/c1-3-7-15(8-4-1)17-11-13-18(14-12-17)16-9-5-2-6-10-16;1-3-7-11(8-4-1)12-9-5-2-6-10-12;5*1-2-4-6-5-3-1;;/h11-16H,1-10H2;1,3-4,7-8,12H,2,5-6,9-10H2;1-6H2;2*1-2H,3-6H2;2*1-6H;2*1H. The minimum absolute atomic E-state index is 0. The molecule has 10 rings (SSSR count). The Morgan fingerprint density at radius 2 is 0.417 bits per heavy atom. The Labute approximate surface area is 373 Å². The van der Waals surface area contributed by atoms with Gasteiger partial charge in [0.05, 0.1) is 0 Å². The van der Waals surface area contributed by atoms with E-state index in [0.29, 0.717) is 0 Å². The van der Waals surface area contributed by atoms with Crippen molar-refractivity contribution in [2.75, 3.05) is 0 Å². The Morgan fingerprint density at radius 3 is 0.633 bits per heavy atom. The van der Waals surface area contributed by atoms with Gasteiger partial charge in [-0.1, -0.05) is 248 Å². The molecule has 4 saturated carbocycles. The molecule has 4 fully saturated rings. The number of hydrogen-bond acceptors (Lipinski definition) is 0. The monoisotopic (exact) mass is 811 g/mol. The second-order valence-electron chi connectivity index (χ2n) is 18.0. The lowest BCUT2D eigenvalue weighted by atomic mass is 9.81. The highest BCUT2D eigenvalue weighted by atomic mass is 14.2. The quantitative estimate of drug-likeness (QED) is 0.181. The van der Waals surface area contributed by atoms with E-state index in [1.54, 1.807) is 16.7 Å². The first-order valence-electron chi connectivity index (χ1n) is 25.3. The summed E-state index contributed by atoms with van der Waals surface area (Å²) in [6.07, 6.45) is 50.5. The predicted molar refractivity (Wildman–Crippen MR) is 270 cm³/mol. The Kier molecular flexibility index (Phi) is 28.6. The van der Waals surface area contributed by atoms with Crippen molar-refractivity contribution >= 4 is 0 Å². The highest BCUT2D eigenvalue weighted by Gasteiger charge is 2.18. The van der Waals surface area contributed by atoms with E-state index in [4.69, 9.17) is 0 Å². The Hall–Kier alpha value is -3.64. The van der Waals surface area contributed by atoms with Crippen LogP contribution >= 0.6 is 0 Å². The fourth-order valence-corrected chi connectivity index (χ4v) is 9.42. The van der Waals surface area contributed by atoms with Crippen LogP contribution < -0.4 is 0 Å². The van der Waals surface area contributed by atoms with Crippen molar-refractivity contribution in [2.45, 2.75) is 204 Å². The van der Waals surface area contributed by atoms with Gasteiger partial charge in [-0.3, -0.25) is 0 Å². The normalized spacial score (nSPS) is 19.1. The van der Waals surface area contributed by atoms with Gasteiger partial charge >= 0.3 is 0 Å². The second kappa shape index (κ2) is 35.0. The van der Waals surface area contributed by atoms with E-state index >= 15 is 0 Å². The maximum atomic E-state index is 2.43. The van der Waals surface area contributed by atoms with Crippen molar-refractivity contribution in [3.8, 4) is 0 Å². The molecular weight excluding hydrogens is 721 g/mol. The summed E-state index contributed by atoms with van der Waals surface area (Å²) in [6.45, 7) is 0. The molecule has 0 heterocycles. The smallest absolute Gasteiger partial charge is 0 e. The lowest BCUT2D eigenvalue weighted by Crippen LogP contribution is -2.06. The van der Waals surface area contributed by atoms with Gasteiger partial charge in [0.2, 0.25) is 0 Å². The summed E-state index contributed by atoms with van der Waals surface area (Å²) in [6, 6.07) is 44.7. The zero-order valence-electron chi connectivity index (χ0n) is 38.2. The average Bonchev–Trinajstić information content (AvgIpc) is 3.39. The van der Waals surface area contributed by atoms with Crippen LogP contribution in [0, 0.1) is 0 Å². The van der Waals surface area contributed by atoms with E-state index in [1.807, 2.05) is 72.8 Å². The molecule has 0 aliphatic heterocycles. The molecule has 60 heavy (non-hydrogen) atoms. The first kappa shape index (κ1) is 49.0. The molecule has 4 aromatic rings. The van der Waals surface area contributed by atoms with E-state index in [0.717, 1.165) is 17.8 Å². The third-order valence-electron chi connectivity index (χ3n) is 13.1. The van der Waals surface area contributed by atoms with E-state index in [1.165, 1.54) is 186 Å². The van der Waals surface area contributed by atoms with Crippen molar-refractivity contribution in [2.24, 2.45) is 0 Å². The molecule has 330 valence electrons. The lowest BCUT2D eigenvalue weighted by molar-refractivity contribution is 0.439. The van der Waals surface area contributed by atoms with Crippen LogP contribution in [0.15, 0.2) is 152 Å². The van der Waals surface area contributed by atoms with Crippen LogP contribution in [0.5, 0.6) is 0 Å². The van der Waals surface area contributed by atoms with Gasteiger partial charge in [-0.25, -0.2) is 0 Å². The SMILES string of the molecule is C1=CCCCC1.C1=CCCCC1.C1CCCCC1.[HH].[HH].c1cc(C2CCCCC2)ccc1C1CCCCC1.c1ccc(C2CCCCC2)cc1.c1ccccc1.c1ccccc1. The summed E-state index contributed by atoms with van der Waals surface area (Å²) in [4.78, 5) is 0. The number of benzene rings is 4. The van der Waals surface area contributed by atoms with Crippen LogP contribution in [0.1, 0.15) is 224 Å². The third-order valence-corrected chi connectivity index (χ3v) is 13.1. The molecule has 0 nitrogen and oxygen atoms in total. The molecule has 0 saturated heterocycles. The molecule has 4 aromatic carbocycles. The van der Waals surface area contributed by atoms with Gasteiger partial charge in [-0.15, -0.1) is 0 Å². The van der Waals surface area contributed by atoms with Crippen LogP contribution in [0.25, 0.3) is 0 Å². The first-order chi connectivity index (χ1) is 29.9. The van der Waals surface area contributed by atoms with Gasteiger partial charge < -0.3 is 0 Å². The lowest BCUT2D eigenvalue weighted by Gasteiger charge is -2.24. The molecule has 0 unspecified atom stereocenters. The predicted octanol–water partition coefficient (Wildman–Crippen LogP) is 20.0. The highest BCUT2D eigenvalue weighted by Crippen LogP contribution is 2.36. The Morgan fingerprint density at radius 1 is 0.217 bits per heavy atom. The molecular formula is C60H90. The summed E-state index contributed by atoms with van der Waals surface area (Å²) < 4.78 is 0. The molecule has 0 N–H and O–H groups in total. The maximum absolute atomic E-state index is 2.43. The minimum Gasteiger partial charge on any atom is -0.0885 e. The van der Waals surface area contributed by atoms with Gasteiger partial charge in [0.15, 0.2) is 0 Å². The zero-order chi connectivity index (χ0) is 41.6. The van der Waals surface area contributed by atoms with Gasteiger partial charge in [0.1, 0.15) is 0 Å². The van der Waals surface area contributed by atoms with Gasteiger partial charge in [-0.05, 0) is 124 Å². The molecule has 0 aromatic heterocycles. The van der Waals surface area contributed by atoms with Crippen LogP contribution in [0.4, 0.5) is 0 Å². The molecule has 6 aliphatic rings. The first-order valence-corrected chi connectivity index (χ1v) is 25.3. The van der Waals surface area contributed by atoms with E-state index < -0.39 is 0 Å². The molecule has 0 spiro atoms. The topological polar surface area (TPSA) is 0 Å². The van der Waals surface area contributed by atoms with Gasteiger partial charge in [0.25, 0.3) is 0 Å². The average molecular weight is 811 g/mol. The number of allylic oxidation sites excluding steroid dienone is 4. The van der Waals surface area contributed by atoms with E-state index in [2.05, 4.69) is 78.9 Å². The van der Waals surface area contributed by atoms with Crippen molar-refractivity contribution in [3.63, 3.8) is 0 Å². The Bertz CT molecular complexity index is 1360. The van der Waals surface area contributed by atoms with Crippen LogP contribution in [-0.4, -0.2) is 0 Å². The van der Waals surface area contributed by atoms with Crippen LogP contribution in [-0.2, 0) is 0 Å². The summed E-state index contributed by atoms with van der Waals surface area (Å²) in [5.74, 6) is 2.58. The fourth-order valence-electron chi connectivity index (χ4n) is 9.42. The van der Waals surface area contributed by atoms with E-state index in [9.17, 15) is 0 Å². The van der Waals surface area contributed by atoms with Crippen molar-refractivity contribution in [1.82, 2.24) is 0 Å². The largest absolute Gasteiger partial charge is 0.0885 e. The summed E-state index contributed by atoms with van der Waals surface area (Å²) in [5, 5.41) is 0. The van der Waals surface area contributed by atoms with E-state index in [-0.39, 0.29) is 2.85 Å². The molecule has 0 radical (unpaired) electrons. The third kappa shape index (κ3) is 24.0. The Balaban J connectivity index is 0.000000263. The summed E-state index contributed by atoms with van der Waals surface area (Å²) in [5.41, 5.74) is 4.76. The number of hydrogen-bond donors (Lipinski definition) is 0. The second-order valence-corrected chi connectivity index (χ2v) is 18.0. The molecule has 0 atom stereocenters. The van der Waals surface area contributed by atoms with Crippen molar-refractivity contribution < 1.29 is 2.85 Å². The number of rotatable bonds is 3. The van der Waals surface area contributed by atoms with Gasteiger partial charge in [0, 0.05) is 2.85 Å². The molecule has 6 aliphatic carbocycles. The van der Waals surface area contributed by atoms with Gasteiger partial charge in [-0.2, -0.15) is 0 Å². The van der Waals surface area contributed by atoms with Crippen LogP contribution in [0.3, 0.4) is 0 Å². The highest BCUT2D eigenvalue weighted by molar-refractivity contribution is 5.28. The summed E-state index contributed by atoms with van der Waals surface area (Å²) >= 11 is 0. The molecule has 0 amide bonds. The van der Waals surface area contributed by atoms with Crippen molar-refractivity contribution in [1.29, 1.82) is 0 Å². The molecule has 0 bridgehead atoms. The van der Waals surface area contributed by atoms with Crippen molar-refractivity contribution in [3.05, 3.63) is 168 Å². The summed E-state index contributed by atoms with van der Waals surface area (Å²) in [7, 11) is 0. The molecule has 0 heteroatoms. The fraction of sp³-hybridized carbons (Fsp3) is 0.533. The minimum atomic E-state index is 0.